The lowest BCUT2D eigenvalue weighted by molar-refractivity contribution is -0.0739. The molecule has 1 aliphatic carbocycles. The summed E-state index contributed by atoms with van der Waals surface area (Å²) in [5.74, 6) is 1.39. The van der Waals surface area contributed by atoms with E-state index in [9.17, 15) is 14.4 Å². The van der Waals surface area contributed by atoms with Crippen molar-refractivity contribution >= 4 is 18.5 Å². The van der Waals surface area contributed by atoms with E-state index in [0.29, 0.717) is 11.8 Å². The topological polar surface area (TPSA) is 118 Å². The monoisotopic (exact) mass is 516 g/mol. The molecule has 0 radical (unpaired) electrons. The van der Waals surface area contributed by atoms with Gasteiger partial charge in [-0.1, -0.05) is 79.1 Å². The van der Waals surface area contributed by atoms with Gasteiger partial charge in [-0.15, -0.1) is 0 Å². The molecule has 210 valence electrons. The molecule has 0 aliphatic heterocycles. The summed E-state index contributed by atoms with van der Waals surface area (Å²) in [4.78, 5) is 35.2. The fourth-order valence-electron chi connectivity index (χ4n) is 4.27. The van der Waals surface area contributed by atoms with Crippen LogP contribution in [-0.4, -0.2) is 55.1 Å². The largest absolute Gasteiger partial charge is 0.508 e. The van der Waals surface area contributed by atoms with Crippen LogP contribution >= 0.6 is 0 Å². The molecule has 1 rings (SSSR count). The van der Waals surface area contributed by atoms with Crippen LogP contribution in [0, 0.1) is 11.8 Å². The summed E-state index contributed by atoms with van der Waals surface area (Å²) in [6, 6.07) is 0. The molecule has 1 fully saturated rings. The van der Waals surface area contributed by atoms with Gasteiger partial charge in [0, 0.05) is 19.3 Å². The van der Waals surface area contributed by atoms with Gasteiger partial charge < -0.3 is 28.8 Å². The van der Waals surface area contributed by atoms with Gasteiger partial charge in [0.05, 0.1) is 13.2 Å². The van der Waals surface area contributed by atoms with E-state index in [2.05, 4.69) is 27.7 Å². The Morgan fingerprint density at radius 2 is 0.972 bits per heavy atom. The number of unbranched alkanes of at least 4 members (excludes halogenated alkanes) is 6. The zero-order valence-electron chi connectivity index (χ0n) is 22.7. The van der Waals surface area contributed by atoms with Crippen LogP contribution in [0.3, 0.4) is 0 Å². The van der Waals surface area contributed by atoms with Crippen molar-refractivity contribution in [1.82, 2.24) is 0 Å². The Hall–Kier alpha value is -2.19. The van der Waals surface area contributed by atoms with E-state index >= 15 is 0 Å². The summed E-state index contributed by atoms with van der Waals surface area (Å²) in [6.07, 6.45) is 5.83. The van der Waals surface area contributed by atoms with Crippen molar-refractivity contribution in [2.75, 3.05) is 13.2 Å². The molecule has 1 aliphatic rings. The molecule has 0 heterocycles. The zero-order chi connectivity index (χ0) is 26.8. The van der Waals surface area contributed by atoms with Crippen LogP contribution in [0.15, 0.2) is 0 Å². The highest BCUT2D eigenvalue weighted by atomic mass is 16.7. The SMILES string of the molecule is CC(C)CCCCCCOC(=O)OC1CC(OC(=O)O)CC(OC(=O)OCCCCCCC(C)C)C1. The second-order valence-electron chi connectivity index (χ2n) is 10.6. The van der Waals surface area contributed by atoms with Crippen molar-refractivity contribution in [3.05, 3.63) is 0 Å². The van der Waals surface area contributed by atoms with E-state index in [0.717, 1.165) is 51.4 Å². The zero-order valence-corrected chi connectivity index (χ0v) is 22.7. The van der Waals surface area contributed by atoms with Crippen molar-refractivity contribution in [3.8, 4) is 0 Å². The number of carboxylic acid groups (broad SMARTS) is 1. The van der Waals surface area contributed by atoms with E-state index in [1.54, 1.807) is 0 Å². The quantitative estimate of drug-likeness (QED) is 0.119. The minimum atomic E-state index is -1.43. The molecule has 0 amide bonds. The van der Waals surface area contributed by atoms with Gasteiger partial charge in [0.25, 0.3) is 0 Å². The number of carbonyl (C=O) groups is 3. The molecule has 0 aromatic heterocycles. The molecule has 9 nitrogen and oxygen atoms in total. The van der Waals surface area contributed by atoms with Gasteiger partial charge in [-0.25, -0.2) is 14.4 Å². The molecule has 2 unspecified atom stereocenters. The van der Waals surface area contributed by atoms with E-state index in [1.807, 2.05) is 0 Å². The van der Waals surface area contributed by atoms with Crippen molar-refractivity contribution in [2.45, 2.75) is 129 Å². The third-order valence-corrected chi connectivity index (χ3v) is 6.16. The number of hydrogen-bond donors (Lipinski definition) is 1. The highest BCUT2D eigenvalue weighted by molar-refractivity contribution is 5.61. The third-order valence-electron chi connectivity index (χ3n) is 6.16. The summed E-state index contributed by atoms with van der Waals surface area (Å²) < 4.78 is 25.9. The first-order valence-corrected chi connectivity index (χ1v) is 13.7. The summed E-state index contributed by atoms with van der Waals surface area (Å²) in [5, 5.41) is 8.99. The fourth-order valence-corrected chi connectivity index (χ4v) is 4.27. The molecule has 0 bridgehead atoms. The van der Waals surface area contributed by atoms with Gasteiger partial charge in [-0.2, -0.15) is 0 Å². The minimum Gasteiger partial charge on any atom is -0.450 e. The first-order valence-electron chi connectivity index (χ1n) is 13.7. The Labute approximate surface area is 216 Å². The van der Waals surface area contributed by atoms with Crippen molar-refractivity contribution in [1.29, 1.82) is 0 Å². The van der Waals surface area contributed by atoms with Gasteiger partial charge >= 0.3 is 18.5 Å². The van der Waals surface area contributed by atoms with Crippen LogP contribution in [0.1, 0.15) is 111 Å². The van der Waals surface area contributed by atoms with Crippen LogP contribution in [0.25, 0.3) is 0 Å². The predicted molar refractivity (Wildman–Crippen MR) is 135 cm³/mol. The average Bonchev–Trinajstić information content (AvgIpc) is 2.76. The Morgan fingerprint density at radius 3 is 1.33 bits per heavy atom. The Kier molecular flexibility index (Phi) is 16.8. The molecule has 36 heavy (non-hydrogen) atoms. The van der Waals surface area contributed by atoms with Gasteiger partial charge in [-0.3, -0.25) is 0 Å². The van der Waals surface area contributed by atoms with Crippen LogP contribution in [0.2, 0.25) is 0 Å². The standard InChI is InChI=1S/C27H48O9/c1-20(2)13-9-5-7-11-15-32-26(30)35-23-17-22(34-25(28)29)18-24(19-23)36-27(31)33-16-12-8-6-10-14-21(3)4/h20-24H,5-19H2,1-4H3,(H,28,29). The Balaban J connectivity index is 2.34. The van der Waals surface area contributed by atoms with E-state index in [-0.39, 0.29) is 32.5 Å². The summed E-state index contributed by atoms with van der Waals surface area (Å²) in [5.41, 5.74) is 0. The Morgan fingerprint density at radius 1 is 0.611 bits per heavy atom. The van der Waals surface area contributed by atoms with Gasteiger partial charge in [0.15, 0.2) is 0 Å². The van der Waals surface area contributed by atoms with Gasteiger partial charge in [0.2, 0.25) is 0 Å². The van der Waals surface area contributed by atoms with Gasteiger partial charge in [0.1, 0.15) is 18.3 Å². The number of hydrogen-bond acceptors (Lipinski definition) is 8. The molecule has 1 saturated carbocycles. The highest BCUT2D eigenvalue weighted by Gasteiger charge is 2.36. The number of carbonyl (C=O) groups excluding carboxylic acids is 2. The number of ether oxygens (including phenoxy) is 5. The Bertz CT molecular complexity index is 576. The van der Waals surface area contributed by atoms with Gasteiger partial charge in [-0.05, 0) is 24.7 Å². The lowest BCUT2D eigenvalue weighted by atomic mass is 9.92. The van der Waals surface area contributed by atoms with Crippen molar-refractivity contribution in [3.63, 3.8) is 0 Å². The molecule has 1 N–H and O–H groups in total. The second-order valence-corrected chi connectivity index (χ2v) is 10.6. The predicted octanol–water partition coefficient (Wildman–Crippen LogP) is 7.49. The molecular formula is C27H48O9. The lowest BCUT2D eigenvalue weighted by Crippen LogP contribution is -2.40. The normalized spacial score (nSPS) is 19.7. The van der Waals surface area contributed by atoms with Crippen LogP contribution < -0.4 is 0 Å². The van der Waals surface area contributed by atoms with Crippen LogP contribution in [-0.2, 0) is 23.7 Å². The maximum absolute atomic E-state index is 12.1. The van der Waals surface area contributed by atoms with Crippen LogP contribution in [0.5, 0.6) is 0 Å². The minimum absolute atomic E-state index is 0.182. The molecule has 2 atom stereocenters. The van der Waals surface area contributed by atoms with E-state index < -0.39 is 36.8 Å². The summed E-state index contributed by atoms with van der Waals surface area (Å²) in [7, 11) is 0. The molecule has 9 heteroatoms. The third kappa shape index (κ3) is 17.3. The van der Waals surface area contributed by atoms with Crippen molar-refractivity contribution < 1.29 is 43.2 Å². The number of rotatable bonds is 17. The van der Waals surface area contributed by atoms with E-state index in [1.165, 1.54) is 12.8 Å². The maximum atomic E-state index is 12.1. The molecule has 0 aromatic rings. The molecule has 0 aromatic carbocycles. The van der Waals surface area contributed by atoms with E-state index in [4.69, 9.17) is 28.8 Å². The maximum Gasteiger partial charge on any atom is 0.508 e. The smallest absolute Gasteiger partial charge is 0.450 e. The summed E-state index contributed by atoms with van der Waals surface area (Å²) >= 11 is 0. The molecule has 0 spiro atoms. The fraction of sp³-hybridized carbons (Fsp3) is 0.889. The van der Waals surface area contributed by atoms with Crippen molar-refractivity contribution in [2.24, 2.45) is 11.8 Å². The van der Waals surface area contributed by atoms with Crippen LogP contribution in [0.4, 0.5) is 14.4 Å². The summed E-state index contributed by atoms with van der Waals surface area (Å²) in [6.45, 7) is 9.34. The lowest BCUT2D eigenvalue weighted by Gasteiger charge is -2.32. The second kappa shape index (κ2) is 19.0. The first-order chi connectivity index (χ1) is 17.2. The average molecular weight is 517 g/mol. The highest BCUT2D eigenvalue weighted by Crippen LogP contribution is 2.27. The molecular weight excluding hydrogens is 468 g/mol. The first kappa shape index (κ1) is 31.8. The molecule has 0 saturated heterocycles.